The molecule has 0 N–H and O–H groups in total. The van der Waals surface area contributed by atoms with Crippen LogP contribution >= 0.6 is 7.82 Å². The maximum Gasteiger partial charge on any atom is 0.306 e. The Morgan fingerprint density at radius 2 is 0.952 bits per heavy atom. The molecule has 0 aliphatic heterocycles. The molecular formula is C52H90NO8P. The van der Waals surface area contributed by atoms with Crippen LogP contribution in [0.15, 0.2) is 85.1 Å². The van der Waals surface area contributed by atoms with E-state index in [2.05, 4.69) is 86.8 Å². The molecule has 0 rings (SSSR count). The first-order valence-electron chi connectivity index (χ1n) is 24.3. The van der Waals surface area contributed by atoms with Gasteiger partial charge in [-0.15, -0.1) is 0 Å². The lowest BCUT2D eigenvalue weighted by Crippen LogP contribution is -2.37. The molecule has 0 amide bonds. The zero-order valence-corrected chi connectivity index (χ0v) is 40.9. The topological polar surface area (TPSA) is 111 Å². The van der Waals surface area contributed by atoms with Gasteiger partial charge in [-0.3, -0.25) is 14.2 Å². The third-order valence-electron chi connectivity index (χ3n) is 9.91. The van der Waals surface area contributed by atoms with E-state index in [1.807, 2.05) is 33.3 Å². The summed E-state index contributed by atoms with van der Waals surface area (Å²) in [5.41, 5.74) is 0. The highest BCUT2D eigenvalue weighted by atomic mass is 31.2. The number of carbonyl (C=O) groups excluding carboxylic acids is 2. The van der Waals surface area contributed by atoms with E-state index in [9.17, 15) is 19.0 Å². The molecule has 0 saturated carbocycles. The number of ether oxygens (including phenoxy) is 2. The predicted octanol–water partition coefficient (Wildman–Crippen LogP) is 13.7. The van der Waals surface area contributed by atoms with Crippen molar-refractivity contribution in [1.82, 2.24) is 0 Å². The van der Waals surface area contributed by atoms with Crippen LogP contribution in [0.2, 0.25) is 0 Å². The van der Waals surface area contributed by atoms with Gasteiger partial charge in [0, 0.05) is 12.8 Å². The van der Waals surface area contributed by atoms with Gasteiger partial charge in [0.2, 0.25) is 0 Å². The fraction of sp³-hybridized carbons (Fsp3) is 0.692. The summed E-state index contributed by atoms with van der Waals surface area (Å²) >= 11 is 0. The van der Waals surface area contributed by atoms with Crippen molar-refractivity contribution in [2.24, 2.45) is 0 Å². The van der Waals surface area contributed by atoms with Crippen LogP contribution in [0.25, 0.3) is 0 Å². The molecule has 10 heteroatoms. The summed E-state index contributed by atoms with van der Waals surface area (Å²) in [5.74, 6) is -0.939. The van der Waals surface area contributed by atoms with Crippen molar-refractivity contribution in [3.05, 3.63) is 85.1 Å². The lowest BCUT2D eigenvalue weighted by molar-refractivity contribution is -0.870. The second kappa shape index (κ2) is 43.4. The zero-order chi connectivity index (χ0) is 45.7. The normalized spacial score (nSPS) is 14.2. The van der Waals surface area contributed by atoms with Gasteiger partial charge < -0.3 is 27.9 Å². The van der Waals surface area contributed by atoms with Crippen molar-refractivity contribution in [2.45, 2.75) is 187 Å². The Kier molecular flexibility index (Phi) is 41.5. The molecule has 0 aliphatic rings. The van der Waals surface area contributed by atoms with Crippen molar-refractivity contribution < 1.29 is 42.1 Å². The van der Waals surface area contributed by atoms with Gasteiger partial charge in [-0.25, -0.2) is 0 Å². The quantitative estimate of drug-likeness (QED) is 0.0196. The molecule has 0 aromatic rings. The van der Waals surface area contributed by atoms with Crippen molar-refractivity contribution in [3.8, 4) is 0 Å². The summed E-state index contributed by atoms with van der Waals surface area (Å²) in [6.45, 7) is 4.02. The van der Waals surface area contributed by atoms with Crippen LogP contribution in [0.1, 0.15) is 181 Å². The van der Waals surface area contributed by atoms with Gasteiger partial charge in [0.05, 0.1) is 27.7 Å². The number of nitrogens with zero attached hydrogens (tertiary/aromatic N) is 1. The molecule has 0 fully saturated rings. The number of likely N-dealkylation sites (N-methyl/N-ethyl adjacent to an activating group) is 1. The van der Waals surface area contributed by atoms with E-state index in [4.69, 9.17) is 18.5 Å². The second-order valence-corrected chi connectivity index (χ2v) is 18.5. The van der Waals surface area contributed by atoms with Gasteiger partial charge >= 0.3 is 11.9 Å². The fourth-order valence-corrected chi connectivity index (χ4v) is 6.87. The molecule has 0 radical (unpaired) electrons. The first kappa shape index (κ1) is 59.2. The Balaban J connectivity index is 4.42. The summed E-state index contributed by atoms with van der Waals surface area (Å²) in [5, 5.41) is 0. The summed E-state index contributed by atoms with van der Waals surface area (Å²) < 4.78 is 33.9. The Morgan fingerprint density at radius 3 is 1.44 bits per heavy atom. The molecule has 9 nitrogen and oxygen atoms in total. The second-order valence-electron chi connectivity index (χ2n) is 17.1. The molecule has 356 valence electrons. The molecule has 0 aliphatic carbocycles. The Bertz CT molecular complexity index is 1330. The van der Waals surface area contributed by atoms with Crippen LogP contribution in [0, 0.1) is 0 Å². The van der Waals surface area contributed by atoms with Crippen molar-refractivity contribution in [2.75, 3.05) is 47.5 Å². The van der Waals surface area contributed by atoms with Gasteiger partial charge in [0.15, 0.2) is 6.10 Å². The number of phosphoric ester groups is 1. The average molecular weight is 888 g/mol. The average Bonchev–Trinajstić information content (AvgIpc) is 3.23. The Morgan fingerprint density at radius 1 is 0.516 bits per heavy atom. The maximum atomic E-state index is 12.7. The lowest BCUT2D eigenvalue weighted by Gasteiger charge is -2.28. The minimum absolute atomic E-state index is 0.0463. The van der Waals surface area contributed by atoms with Crippen LogP contribution in [-0.2, 0) is 32.7 Å². The smallest absolute Gasteiger partial charge is 0.306 e. The number of esters is 2. The Labute approximate surface area is 380 Å². The summed E-state index contributed by atoms with van der Waals surface area (Å²) in [6.07, 6.45) is 56.3. The molecular weight excluding hydrogens is 798 g/mol. The lowest BCUT2D eigenvalue weighted by atomic mass is 10.1. The molecule has 0 spiro atoms. The third-order valence-corrected chi connectivity index (χ3v) is 10.9. The number of hydrogen-bond acceptors (Lipinski definition) is 8. The summed E-state index contributed by atoms with van der Waals surface area (Å²) in [7, 11) is 1.11. The third kappa shape index (κ3) is 46.7. The minimum Gasteiger partial charge on any atom is -0.756 e. The van der Waals surface area contributed by atoms with Crippen LogP contribution in [0.3, 0.4) is 0 Å². The summed E-state index contributed by atoms with van der Waals surface area (Å²) in [6, 6.07) is 0. The van der Waals surface area contributed by atoms with Crippen molar-refractivity contribution in [1.29, 1.82) is 0 Å². The number of rotatable bonds is 43. The minimum atomic E-state index is -4.65. The predicted molar refractivity (Wildman–Crippen MR) is 259 cm³/mol. The molecule has 0 bridgehead atoms. The van der Waals surface area contributed by atoms with Crippen LogP contribution in [0.4, 0.5) is 0 Å². The fourth-order valence-electron chi connectivity index (χ4n) is 6.15. The van der Waals surface area contributed by atoms with E-state index in [1.165, 1.54) is 83.5 Å². The van der Waals surface area contributed by atoms with E-state index < -0.39 is 32.5 Å². The summed E-state index contributed by atoms with van der Waals surface area (Å²) in [4.78, 5) is 37.6. The van der Waals surface area contributed by atoms with Gasteiger partial charge in [0.1, 0.15) is 19.8 Å². The van der Waals surface area contributed by atoms with E-state index in [1.54, 1.807) is 0 Å². The zero-order valence-electron chi connectivity index (χ0n) is 40.0. The van der Waals surface area contributed by atoms with Crippen molar-refractivity contribution in [3.63, 3.8) is 0 Å². The van der Waals surface area contributed by atoms with Gasteiger partial charge in [-0.05, 0) is 77.0 Å². The van der Waals surface area contributed by atoms with Crippen molar-refractivity contribution >= 4 is 19.8 Å². The monoisotopic (exact) mass is 888 g/mol. The molecule has 62 heavy (non-hydrogen) atoms. The Hall–Kier alpha value is -2.81. The van der Waals surface area contributed by atoms with E-state index in [0.717, 1.165) is 57.8 Å². The molecule has 0 heterocycles. The van der Waals surface area contributed by atoms with E-state index in [-0.39, 0.29) is 26.1 Å². The highest BCUT2D eigenvalue weighted by Gasteiger charge is 2.21. The molecule has 0 aromatic heterocycles. The van der Waals surface area contributed by atoms with E-state index in [0.29, 0.717) is 23.9 Å². The number of carbonyl (C=O) groups is 2. The van der Waals surface area contributed by atoms with Gasteiger partial charge in [0.25, 0.3) is 7.82 Å². The number of unbranched alkanes of at least 4 members (excludes halogenated alkanes) is 15. The number of hydrogen-bond donors (Lipinski definition) is 0. The number of phosphoric acid groups is 1. The number of quaternary nitrogens is 1. The maximum absolute atomic E-state index is 12.7. The SMILES string of the molecule is CC/C=C/C/C=C/C/C=C/C/C=C/C/C=C/C/C=C/CCC(=O)OC[C@H](COP(=O)([O-])OCC[N+](C)(C)C)OC(=O)CCCCCCCCCCC/C=C/CCCCCCCC. The van der Waals surface area contributed by atoms with Crippen LogP contribution in [-0.4, -0.2) is 70.0 Å². The number of allylic oxidation sites excluding steroid dienone is 14. The largest absolute Gasteiger partial charge is 0.756 e. The van der Waals surface area contributed by atoms with Crippen LogP contribution < -0.4 is 4.89 Å². The van der Waals surface area contributed by atoms with E-state index >= 15 is 0 Å². The molecule has 1 unspecified atom stereocenters. The standard InChI is InChI=1S/C52H90NO8P/c1-6-8-10-12-14-16-18-20-22-24-26-28-30-32-34-36-38-40-42-44-51(54)58-48-50(49-60-62(56,57)59-47-46-53(3,4)5)61-52(55)45-43-41-39-37-35-33-31-29-27-25-23-21-19-17-15-13-11-9-7-2/h8,10,14,16,20-23,26,28,32,34,38,40,50H,6-7,9,11-13,15,17-19,24-25,27,29-31,33,35-37,39,41-49H2,1-5H3/b10-8+,16-14+,22-20+,23-21+,28-26+,34-32+,40-38+/t50-/m1/s1. The van der Waals surface area contributed by atoms with Gasteiger partial charge in [-0.2, -0.15) is 0 Å². The first-order valence-corrected chi connectivity index (χ1v) is 25.8. The van der Waals surface area contributed by atoms with Gasteiger partial charge in [-0.1, -0.05) is 176 Å². The van der Waals surface area contributed by atoms with Crippen LogP contribution in [0.5, 0.6) is 0 Å². The molecule has 0 aromatic carbocycles. The first-order chi connectivity index (χ1) is 30.0. The highest BCUT2D eigenvalue weighted by molar-refractivity contribution is 7.45. The molecule has 0 saturated heterocycles. The molecule has 2 atom stereocenters. The highest BCUT2D eigenvalue weighted by Crippen LogP contribution is 2.38.